The molecular formula is C14H20N2O. The maximum absolute atomic E-state index is 10.0. The molecule has 0 aromatic heterocycles. The van der Waals surface area contributed by atoms with Crippen molar-refractivity contribution in [2.24, 2.45) is 5.92 Å². The average molecular weight is 232 g/mol. The zero-order valence-electron chi connectivity index (χ0n) is 10.1. The predicted molar refractivity (Wildman–Crippen MR) is 68.0 cm³/mol. The Hall–Kier alpha value is -1.06. The van der Waals surface area contributed by atoms with E-state index in [1.165, 1.54) is 12.8 Å². The van der Waals surface area contributed by atoms with Crippen molar-refractivity contribution in [3.63, 3.8) is 0 Å². The summed E-state index contributed by atoms with van der Waals surface area (Å²) < 4.78 is 0. The first-order valence-corrected chi connectivity index (χ1v) is 6.59. The molecule has 0 spiro atoms. The lowest BCUT2D eigenvalue weighted by molar-refractivity contribution is 0.153. The quantitative estimate of drug-likeness (QED) is 0.833. The Bertz CT molecular complexity index is 384. The molecule has 0 bridgehead atoms. The van der Waals surface area contributed by atoms with Crippen LogP contribution in [0.15, 0.2) is 24.3 Å². The van der Waals surface area contributed by atoms with Gasteiger partial charge in [-0.15, -0.1) is 0 Å². The molecule has 1 aliphatic heterocycles. The van der Waals surface area contributed by atoms with Crippen molar-refractivity contribution >= 4 is 0 Å². The molecule has 92 valence electrons. The molecule has 1 aromatic rings. The minimum atomic E-state index is 0.429. The third kappa shape index (κ3) is 2.31. The van der Waals surface area contributed by atoms with Gasteiger partial charge in [0, 0.05) is 37.8 Å². The van der Waals surface area contributed by atoms with Gasteiger partial charge >= 0.3 is 0 Å². The van der Waals surface area contributed by atoms with Gasteiger partial charge in [-0.3, -0.25) is 4.90 Å². The molecule has 3 rings (SSSR count). The molecule has 1 heterocycles. The van der Waals surface area contributed by atoms with Gasteiger partial charge < -0.3 is 10.4 Å². The maximum atomic E-state index is 10.0. The summed E-state index contributed by atoms with van der Waals surface area (Å²) in [6, 6.07) is 8.26. The summed E-state index contributed by atoms with van der Waals surface area (Å²) in [4.78, 5) is 2.53. The highest BCUT2D eigenvalue weighted by Crippen LogP contribution is 2.46. The van der Waals surface area contributed by atoms with Gasteiger partial charge in [-0.05, 0) is 24.8 Å². The number of hydrogen-bond acceptors (Lipinski definition) is 3. The fraction of sp³-hybridized carbons (Fsp3) is 0.571. The van der Waals surface area contributed by atoms with Gasteiger partial charge in [0.2, 0.25) is 0 Å². The lowest BCUT2D eigenvalue weighted by Crippen LogP contribution is -2.45. The third-order valence-corrected chi connectivity index (χ3v) is 3.87. The van der Waals surface area contributed by atoms with Crippen molar-refractivity contribution in [3.8, 4) is 5.75 Å². The average Bonchev–Trinajstić information content (AvgIpc) is 3.18. The molecule has 3 nitrogen and oxygen atoms in total. The second-order valence-electron chi connectivity index (χ2n) is 5.13. The smallest absolute Gasteiger partial charge is 0.120 e. The normalized spacial score (nSPS) is 23.5. The first-order valence-electron chi connectivity index (χ1n) is 6.59. The Balaban J connectivity index is 1.86. The summed E-state index contributed by atoms with van der Waals surface area (Å²) in [6.45, 7) is 4.32. The van der Waals surface area contributed by atoms with E-state index in [4.69, 9.17) is 0 Å². The number of nitrogens with zero attached hydrogens (tertiary/aromatic N) is 1. The van der Waals surface area contributed by atoms with Gasteiger partial charge in [-0.25, -0.2) is 0 Å². The molecule has 1 atom stereocenters. The van der Waals surface area contributed by atoms with Crippen molar-refractivity contribution in [1.29, 1.82) is 0 Å². The van der Waals surface area contributed by atoms with Gasteiger partial charge in [-0.2, -0.15) is 0 Å². The highest BCUT2D eigenvalue weighted by atomic mass is 16.3. The minimum Gasteiger partial charge on any atom is -0.508 e. The highest BCUT2D eigenvalue weighted by molar-refractivity contribution is 5.35. The molecule has 1 saturated heterocycles. The topological polar surface area (TPSA) is 35.5 Å². The number of phenolic OH excluding ortho intramolecular Hbond substituents is 1. The SMILES string of the molecule is Oc1ccccc1[C@@H](C1CC1)N1CCNCC1. The van der Waals surface area contributed by atoms with E-state index in [0.29, 0.717) is 11.8 Å². The molecule has 1 aromatic carbocycles. The first-order chi connectivity index (χ1) is 8.36. The van der Waals surface area contributed by atoms with E-state index in [2.05, 4.69) is 16.3 Å². The predicted octanol–water partition coefficient (Wildman–Crippen LogP) is 1.75. The van der Waals surface area contributed by atoms with Crippen molar-refractivity contribution in [2.45, 2.75) is 18.9 Å². The molecule has 2 N–H and O–H groups in total. The Kier molecular flexibility index (Phi) is 3.04. The van der Waals surface area contributed by atoms with Crippen LogP contribution in [0.2, 0.25) is 0 Å². The van der Waals surface area contributed by atoms with Crippen molar-refractivity contribution in [1.82, 2.24) is 10.2 Å². The Morgan fingerprint density at radius 1 is 1.18 bits per heavy atom. The molecule has 0 radical (unpaired) electrons. The van der Waals surface area contributed by atoms with Gasteiger partial charge in [0.15, 0.2) is 0 Å². The molecule has 0 amide bonds. The van der Waals surface area contributed by atoms with E-state index in [1.807, 2.05) is 18.2 Å². The Morgan fingerprint density at radius 2 is 1.88 bits per heavy atom. The van der Waals surface area contributed by atoms with Gasteiger partial charge in [0.1, 0.15) is 5.75 Å². The van der Waals surface area contributed by atoms with Crippen LogP contribution in [0.3, 0.4) is 0 Å². The number of hydrogen-bond donors (Lipinski definition) is 2. The summed E-state index contributed by atoms with van der Waals surface area (Å²) in [7, 11) is 0. The number of benzene rings is 1. The summed E-state index contributed by atoms with van der Waals surface area (Å²) >= 11 is 0. The maximum Gasteiger partial charge on any atom is 0.120 e. The molecule has 3 heteroatoms. The van der Waals surface area contributed by atoms with Crippen molar-refractivity contribution < 1.29 is 5.11 Å². The number of piperazine rings is 1. The molecule has 2 aliphatic rings. The number of rotatable bonds is 3. The first kappa shape index (κ1) is 11.1. The largest absolute Gasteiger partial charge is 0.508 e. The molecular weight excluding hydrogens is 212 g/mol. The summed E-state index contributed by atoms with van der Waals surface area (Å²) in [6.07, 6.45) is 2.62. The number of nitrogens with one attached hydrogen (secondary N) is 1. The third-order valence-electron chi connectivity index (χ3n) is 3.87. The Labute approximate surface area is 102 Å². The van der Waals surface area contributed by atoms with E-state index < -0.39 is 0 Å². The van der Waals surface area contributed by atoms with E-state index in [9.17, 15) is 5.11 Å². The van der Waals surface area contributed by atoms with Crippen LogP contribution in [-0.4, -0.2) is 36.2 Å². The van der Waals surface area contributed by atoms with Crippen LogP contribution in [0.5, 0.6) is 5.75 Å². The second-order valence-corrected chi connectivity index (χ2v) is 5.13. The van der Waals surface area contributed by atoms with Crippen molar-refractivity contribution in [2.75, 3.05) is 26.2 Å². The Morgan fingerprint density at radius 3 is 2.53 bits per heavy atom. The molecule has 2 fully saturated rings. The minimum absolute atomic E-state index is 0.429. The summed E-state index contributed by atoms with van der Waals surface area (Å²) in [5.41, 5.74) is 1.12. The molecule has 0 unspecified atom stereocenters. The van der Waals surface area contributed by atoms with E-state index in [1.54, 1.807) is 0 Å². The summed E-state index contributed by atoms with van der Waals surface area (Å²) in [5, 5.41) is 13.4. The van der Waals surface area contributed by atoms with Gasteiger partial charge in [0.25, 0.3) is 0 Å². The lowest BCUT2D eigenvalue weighted by atomic mass is 9.99. The van der Waals surface area contributed by atoms with Crippen LogP contribution in [0.25, 0.3) is 0 Å². The fourth-order valence-corrected chi connectivity index (χ4v) is 2.86. The van der Waals surface area contributed by atoms with E-state index >= 15 is 0 Å². The summed E-state index contributed by atoms with van der Waals surface area (Å²) in [5.74, 6) is 1.21. The molecule has 1 aliphatic carbocycles. The van der Waals surface area contributed by atoms with Crippen LogP contribution < -0.4 is 5.32 Å². The van der Waals surface area contributed by atoms with Crippen LogP contribution >= 0.6 is 0 Å². The van der Waals surface area contributed by atoms with E-state index in [0.717, 1.165) is 37.7 Å². The van der Waals surface area contributed by atoms with Crippen LogP contribution in [-0.2, 0) is 0 Å². The zero-order valence-corrected chi connectivity index (χ0v) is 10.1. The number of phenols is 1. The van der Waals surface area contributed by atoms with Crippen molar-refractivity contribution in [3.05, 3.63) is 29.8 Å². The number of aromatic hydroxyl groups is 1. The molecule has 1 saturated carbocycles. The van der Waals surface area contributed by atoms with E-state index in [-0.39, 0.29) is 0 Å². The monoisotopic (exact) mass is 232 g/mol. The van der Waals surface area contributed by atoms with Crippen LogP contribution in [0.1, 0.15) is 24.4 Å². The van der Waals surface area contributed by atoms with Crippen LogP contribution in [0.4, 0.5) is 0 Å². The fourth-order valence-electron chi connectivity index (χ4n) is 2.86. The zero-order chi connectivity index (χ0) is 11.7. The molecule has 17 heavy (non-hydrogen) atoms. The van der Waals surface area contributed by atoms with Gasteiger partial charge in [-0.1, -0.05) is 18.2 Å². The van der Waals surface area contributed by atoms with Gasteiger partial charge in [0.05, 0.1) is 0 Å². The standard InChI is InChI=1S/C14H20N2O/c17-13-4-2-1-3-12(13)14(11-5-6-11)16-9-7-15-8-10-16/h1-4,11,14-15,17H,5-10H2/t14-/m1/s1. The van der Waals surface area contributed by atoms with Crippen LogP contribution in [0, 0.1) is 5.92 Å². The number of para-hydroxylation sites is 1. The highest BCUT2D eigenvalue weighted by Gasteiger charge is 2.37. The second kappa shape index (κ2) is 4.67. The lowest BCUT2D eigenvalue weighted by Gasteiger charge is -2.35.